The molecule has 0 aromatic heterocycles. The lowest BCUT2D eigenvalue weighted by Gasteiger charge is -2.37. The summed E-state index contributed by atoms with van der Waals surface area (Å²) in [5, 5.41) is 41.7. The molecule has 0 saturated carbocycles. The third kappa shape index (κ3) is 4.30. The first-order chi connectivity index (χ1) is 19.3. The van der Waals surface area contributed by atoms with E-state index in [4.69, 9.17) is 28.4 Å². The van der Waals surface area contributed by atoms with Gasteiger partial charge in [-0.25, -0.2) is 4.79 Å². The van der Waals surface area contributed by atoms with Crippen LogP contribution >= 0.6 is 0 Å². The fourth-order valence-electron chi connectivity index (χ4n) is 5.30. The first kappa shape index (κ1) is 26.3. The molecular weight excluding hydrogens is 528 g/mol. The van der Waals surface area contributed by atoms with Crippen molar-refractivity contribution in [3.8, 4) is 28.4 Å². The maximum absolute atomic E-state index is 13.2. The molecule has 0 bridgehead atoms. The Morgan fingerprint density at radius 1 is 0.975 bits per heavy atom. The quantitative estimate of drug-likeness (QED) is 0.322. The van der Waals surface area contributed by atoms with Gasteiger partial charge in [-0.05, 0) is 46.3 Å². The van der Waals surface area contributed by atoms with E-state index in [1.165, 1.54) is 0 Å². The summed E-state index contributed by atoms with van der Waals surface area (Å²) in [6.07, 6.45) is -5.55. The summed E-state index contributed by atoms with van der Waals surface area (Å²) in [7, 11) is 0. The van der Waals surface area contributed by atoms with Crippen LogP contribution in [-0.4, -0.2) is 70.4 Å². The average Bonchev–Trinajstić information content (AvgIpc) is 3.57. The second kappa shape index (κ2) is 10.2. The van der Waals surface area contributed by atoms with Gasteiger partial charge < -0.3 is 48.8 Å². The molecule has 3 aromatic carbocycles. The second-order valence-electron chi connectivity index (χ2n) is 9.64. The molecule has 3 heterocycles. The lowest BCUT2D eigenvalue weighted by molar-refractivity contribution is -0.250. The summed E-state index contributed by atoms with van der Waals surface area (Å²) in [6.45, 7) is -0.0122. The topological polar surface area (TPSA) is 170 Å². The zero-order chi connectivity index (χ0) is 28.1. The minimum absolute atomic E-state index is 0.0619. The molecule has 1 fully saturated rings. The molecule has 3 aliphatic rings. The van der Waals surface area contributed by atoms with Crippen LogP contribution in [0.4, 0.5) is 0 Å². The van der Waals surface area contributed by atoms with Crippen molar-refractivity contribution in [1.29, 1.82) is 0 Å². The number of aliphatic hydroxyl groups excluding tert-OH is 4. The predicted octanol–water partition coefficient (Wildman–Crippen LogP) is 1.28. The number of fused-ring (bicyclic) bond motifs is 3. The zero-order valence-electron chi connectivity index (χ0n) is 21.3. The van der Waals surface area contributed by atoms with Gasteiger partial charge in [0.15, 0.2) is 17.6 Å². The van der Waals surface area contributed by atoms with Gasteiger partial charge in [0.05, 0.1) is 25.4 Å². The zero-order valence-corrected chi connectivity index (χ0v) is 21.3. The number of aliphatic hydroxyl groups is 4. The largest absolute Gasteiger partial charge is 0.460 e. The normalized spacial score (nSPS) is 23.2. The third-order valence-electron chi connectivity index (χ3n) is 7.20. The van der Waals surface area contributed by atoms with Gasteiger partial charge in [0.25, 0.3) is 0 Å². The minimum Gasteiger partial charge on any atom is -0.460 e. The van der Waals surface area contributed by atoms with Crippen molar-refractivity contribution in [3.05, 3.63) is 52.6 Å². The van der Waals surface area contributed by atoms with E-state index < -0.39 is 43.1 Å². The number of carbonyl (C=O) groups excluding carboxylic acids is 2. The molecule has 4 N–H and O–H groups in total. The molecule has 210 valence electrons. The highest BCUT2D eigenvalue weighted by molar-refractivity contribution is 6.13. The predicted molar refractivity (Wildman–Crippen MR) is 134 cm³/mol. The standard InChI is InChI=1S/C28H26O12/c1-12(31)39-26-24(33)19(32)10-36-28(26)40-25-17-5-15(8-30)14(7-29)4-16(17)22(23-18(25)9-35-27(23)34)13-2-3-20-21(6-13)38-11-37-20/h2-6,19,24,26,28-30,32-33H,7-11H2,1H3/t19-,24+,26-,28?/m1/s1. The summed E-state index contributed by atoms with van der Waals surface area (Å²) >= 11 is 0. The van der Waals surface area contributed by atoms with Crippen molar-refractivity contribution < 1.29 is 58.4 Å². The smallest absolute Gasteiger partial charge is 0.339 e. The van der Waals surface area contributed by atoms with Crippen molar-refractivity contribution >= 4 is 22.7 Å². The molecule has 0 radical (unpaired) electrons. The van der Waals surface area contributed by atoms with Gasteiger partial charge in [-0.3, -0.25) is 4.79 Å². The van der Waals surface area contributed by atoms with Crippen LogP contribution < -0.4 is 14.2 Å². The van der Waals surface area contributed by atoms with Crippen molar-refractivity contribution in [2.45, 2.75) is 51.3 Å². The molecule has 4 atom stereocenters. The first-order valence-electron chi connectivity index (χ1n) is 12.6. The monoisotopic (exact) mass is 554 g/mol. The number of cyclic esters (lactones) is 1. The van der Waals surface area contributed by atoms with Gasteiger partial charge >= 0.3 is 11.9 Å². The van der Waals surface area contributed by atoms with E-state index in [0.29, 0.717) is 50.1 Å². The molecule has 40 heavy (non-hydrogen) atoms. The Morgan fingerprint density at radius 3 is 2.42 bits per heavy atom. The third-order valence-corrected chi connectivity index (χ3v) is 7.20. The highest BCUT2D eigenvalue weighted by Gasteiger charge is 2.44. The van der Waals surface area contributed by atoms with E-state index in [1.54, 1.807) is 30.3 Å². The van der Waals surface area contributed by atoms with Crippen LogP contribution in [0.5, 0.6) is 17.2 Å². The molecule has 1 saturated heterocycles. The Morgan fingerprint density at radius 2 is 1.70 bits per heavy atom. The highest BCUT2D eigenvalue weighted by Crippen LogP contribution is 2.48. The van der Waals surface area contributed by atoms with Crippen molar-refractivity contribution in [2.24, 2.45) is 0 Å². The minimum atomic E-state index is -1.50. The van der Waals surface area contributed by atoms with Crippen LogP contribution in [0.2, 0.25) is 0 Å². The van der Waals surface area contributed by atoms with E-state index in [-0.39, 0.29) is 37.9 Å². The Kier molecular flexibility index (Phi) is 6.72. The van der Waals surface area contributed by atoms with Crippen molar-refractivity contribution in [3.63, 3.8) is 0 Å². The fraction of sp³-hybridized carbons (Fsp3) is 0.357. The lowest BCUT2D eigenvalue weighted by atomic mass is 9.87. The number of rotatable bonds is 6. The van der Waals surface area contributed by atoms with Gasteiger partial charge in [-0.2, -0.15) is 0 Å². The van der Waals surface area contributed by atoms with E-state index in [9.17, 15) is 30.0 Å². The van der Waals surface area contributed by atoms with Crippen LogP contribution in [0.1, 0.15) is 34.0 Å². The van der Waals surface area contributed by atoms with Gasteiger partial charge in [0.2, 0.25) is 13.1 Å². The number of esters is 2. The molecular formula is C28H26O12. The number of hydrogen-bond acceptors (Lipinski definition) is 12. The van der Waals surface area contributed by atoms with E-state index in [2.05, 4.69) is 0 Å². The Bertz CT molecular complexity index is 1520. The van der Waals surface area contributed by atoms with E-state index in [0.717, 1.165) is 6.92 Å². The Balaban J connectivity index is 1.59. The number of hydrogen-bond donors (Lipinski definition) is 4. The lowest BCUT2D eigenvalue weighted by Crippen LogP contribution is -2.56. The van der Waals surface area contributed by atoms with Crippen LogP contribution in [0.3, 0.4) is 0 Å². The summed E-state index contributed by atoms with van der Waals surface area (Å²) in [5.74, 6) is -0.143. The van der Waals surface area contributed by atoms with E-state index >= 15 is 0 Å². The maximum atomic E-state index is 13.2. The number of ether oxygens (including phenoxy) is 6. The summed E-state index contributed by atoms with van der Waals surface area (Å²) in [5.41, 5.74) is 2.53. The number of carbonyl (C=O) groups is 2. The average molecular weight is 555 g/mol. The molecule has 1 unspecified atom stereocenters. The molecule has 6 rings (SSSR count). The molecule has 0 aliphatic carbocycles. The van der Waals surface area contributed by atoms with E-state index in [1.807, 2.05) is 0 Å². The first-order valence-corrected chi connectivity index (χ1v) is 12.6. The summed E-state index contributed by atoms with van der Waals surface area (Å²) < 4.78 is 33.5. The SMILES string of the molecule is CC(=O)O[C@H]1C(Oc2c3c(c(-c4ccc5c(c4)OCO5)c4cc(CO)c(CO)cc24)C(=O)OC3)OC[C@@H](O)[C@@H]1O. The van der Waals surface area contributed by atoms with Crippen molar-refractivity contribution in [2.75, 3.05) is 13.4 Å². The van der Waals surface area contributed by atoms with Gasteiger partial charge in [-0.1, -0.05) is 6.07 Å². The fourth-order valence-corrected chi connectivity index (χ4v) is 5.30. The highest BCUT2D eigenvalue weighted by atomic mass is 16.7. The van der Waals surface area contributed by atoms with Crippen LogP contribution in [0, 0.1) is 0 Å². The van der Waals surface area contributed by atoms with Gasteiger partial charge in [-0.15, -0.1) is 0 Å². The Labute approximate surface area is 227 Å². The molecule has 3 aromatic rings. The Hall–Kier alpha value is -3.94. The maximum Gasteiger partial charge on any atom is 0.339 e. The number of benzene rings is 3. The second-order valence-corrected chi connectivity index (χ2v) is 9.64. The van der Waals surface area contributed by atoms with Crippen LogP contribution in [-0.2, 0) is 38.8 Å². The van der Waals surface area contributed by atoms with Crippen LogP contribution in [0.15, 0.2) is 30.3 Å². The summed E-state index contributed by atoms with van der Waals surface area (Å²) in [6, 6.07) is 8.52. The van der Waals surface area contributed by atoms with Crippen molar-refractivity contribution in [1.82, 2.24) is 0 Å². The molecule has 3 aliphatic heterocycles. The molecule has 0 amide bonds. The van der Waals surface area contributed by atoms with Crippen LogP contribution in [0.25, 0.3) is 21.9 Å². The molecule has 12 heteroatoms. The summed E-state index contributed by atoms with van der Waals surface area (Å²) in [4.78, 5) is 24.9. The molecule has 12 nitrogen and oxygen atoms in total. The van der Waals surface area contributed by atoms with Gasteiger partial charge in [0.1, 0.15) is 24.6 Å². The van der Waals surface area contributed by atoms with Gasteiger partial charge in [0, 0.05) is 23.4 Å². The molecule has 0 spiro atoms.